The quantitative estimate of drug-likeness (QED) is 0.286. The first-order valence-electron chi connectivity index (χ1n) is 16.4. The predicted molar refractivity (Wildman–Crippen MR) is 187 cm³/mol. The van der Waals surface area contributed by atoms with Crippen LogP contribution in [0.5, 0.6) is 0 Å². The van der Waals surface area contributed by atoms with Crippen molar-refractivity contribution >= 4 is 6.98 Å². The van der Waals surface area contributed by atoms with Crippen molar-refractivity contribution in [3.8, 4) is 11.1 Å². The number of hydrogen-bond acceptors (Lipinski definition) is 0. The molecule has 0 radical (unpaired) electrons. The topological polar surface area (TPSA) is 0 Å². The molecule has 0 nitrogen and oxygen atoms in total. The van der Waals surface area contributed by atoms with Crippen LogP contribution in [0.15, 0.2) is 75.1 Å². The summed E-state index contributed by atoms with van der Waals surface area (Å²) in [5, 5.41) is 0. The molecular weight excluding hydrogens is 667 g/mol. The smallest absolute Gasteiger partial charge is 1.00 e. The summed E-state index contributed by atoms with van der Waals surface area (Å²) < 4.78 is 6.23. The van der Waals surface area contributed by atoms with Crippen LogP contribution in [0.3, 0.4) is 0 Å². The Bertz CT molecular complexity index is 1660. The molecule has 45 heavy (non-hydrogen) atoms. The molecule has 1 unspecified atom stereocenters. The minimum Gasteiger partial charge on any atom is -1.00 e. The molecule has 2 aliphatic rings. The summed E-state index contributed by atoms with van der Waals surface area (Å²) in [4.78, 5) is 0. The van der Waals surface area contributed by atoms with Crippen LogP contribution < -0.4 is 28.1 Å². The Kier molecular flexibility index (Phi) is 11.4. The van der Waals surface area contributed by atoms with E-state index in [1.54, 1.807) is 23.3 Å². The first kappa shape index (κ1) is 37.9. The maximum Gasteiger partial charge on any atom is -1.00 e. The second-order valence-corrected chi connectivity index (χ2v) is 22.0. The number of allylic oxidation sites excluding steroid dienone is 4. The van der Waals surface area contributed by atoms with Crippen LogP contribution >= 0.6 is 0 Å². The molecule has 3 heteroatoms. The average molecular weight is 721 g/mol. The maximum absolute atomic E-state index is 2.77. The molecule has 1 atom stereocenters. The minimum absolute atomic E-state index is 0. The van der Waals surface area contributed by atoms with Gasteiger partial charge in [0.15, 0.2) is 0 Å². The fourth-order valence-corrected chi connectivity index (χ4v) is 14.6. The van der Waals surface area contributed by atoms with E-state index >= 15 is 0 Å². The molecule has 3 aromatic rings. The van der Waals surface area contributed by atoms with Gasteiger partial charge in [-0.15, -0.1) is 0 Å². The van der Waals surface area contributed by atoms with Crippen LogP contribution in [0, 0.1) is 11.8 Å². The summed E-state index contributed by atoms with van der Waals surface area (Å²) in [5.74, 6) is 1.06. The van der Waals surface area contributed by atoms with Crippen molar-refractivity contribution in [1.29, 1.82) is 0 Å². The zero-order valence-electron chi connectivity index (χ0n) is 30.0. The molecule has 0 heterocycles. The standard InChI is InChI=1S/C21H25.C11H14.C10H15.2ClH.Zr/c1-20(2,3)16-9-7-14-11-15-8-10-17(21(4,5)6)13-19(15)18(14)12-16;1-9-5-7-10(8-6-9)11(2,3)4;1-7(2)10-6-8(3)5-9(10)4;;;/h7,9-10,12-13H,11H2,1-6H3;1,5-8H,2-4H3;6-8H,1-4H3;2*1H;/q;;;;;+2/p-2. The molecule has 0 amide bonds. The summed E-state index contributed by atoms with van der Waals surface area (Å²) >= 11 is -2.56. The van der Waals surface area contributed by atoms with E-state index in [1.165, 1.54) is 38.9 Å². The number of fused-ring (bicyclic) bond motifs is 3. The van der Waals surface area contributed by atoms with Gasteiger partial charge in [0.2, 0.25) is 0 Å². The fourth-order valence-electron chi connectivity index (χ4n) is 7.01. The number of halogens is 2. The number of hydrogen-bond donors (Lipinski definition) is 0. The first-order valence-corrected chi connectivity index (χ1v) is 20.3. The van der Waals surface area contributed by atoms with Crippen molar-refractivity contribution < 1.29 is 46.1 Å². The van der Waals surface area contributed by atoms with Gasteiger partial charge in [-0.2, -0.15) is 0 Å². The summed E-state index contributed by atoms with van der Waals surface area (Å²) in [6.07, 6.45) is 3.64. The third kappa shape index (κ3) is 7.63. The monoisotopic (exact) mass is 718 g/mol. The largest absolute Gasteiger partial charge is 1.00 e. The van der Waals surface area contributed by atoms with E-state index in [2.05, 4.69) is 154 Å². The van der Waals surface area contributed by atoms with Crippen LogP contribution in [0.2, 0.25) is 0 Å². The van der Waals surface area contributed by atoms with E-state index in [-0.39, 0.29) is 41.1 Å². The van der Waals surface area contributed by atoms with E-state index in [0.717, 1.165) is 6.42 Å². The van der Waals surface area contributed by atoms with Crippen LogP contribution in [0.1, 0.15) is 123 Å². The fraction of sp³-hybridized carbons (Fsp3) is 0.452. The Hall–Kier alpha value is -1.53. The number of rotatable bonds is 4. The molecule has 0 fully saturated rings. The second kappa shape index (κ2) is 13.5. The minimum atomic E-state index is -2.56. The van der Waals surface area contributed by atoms with Crippen molar-refractivity contribution in [2.45, 2.75) is 113 Å². The van der Waals surface area contributed by atoms with Crippen LogP contribution in [-0.2, 0) is 43.9 Å². The van der Waals surface area contributed by atoms with E-state index < -0.39 is 21.3 Å². The van der Waals surface area contributed by atoms with E-state index in [9.17, 15) is 0 Å². The van der Waals surface area contributed by atoms with Crippen molar-refractivity contribution in [1.82, 2.24) is 0 Å². The van der Waals surface area contributed by atoms with Gasteiger partial charge >= 0.3 is 272 Å². The molecule has 3 aromatic carbocycles. The van der Waals surface area contributed by atoms with Crippen molar-refractivity contribution in [3.63, 3.8) is 0 Å². The molecule has 5 rings (SSSR count). The molecule has 0 bridgehead atoms. The molecule has 0 saturated carbocycles. The Morgan fingerprint density at radius 2 is 1.24 bits per heavy atom. The van der Waals surface area contributed by atoms with Gasteiger partial charge in [-0.05, 0) is 0 Å². The Morgan fingerprint density at radius 3 is 1.76 bits per heavy atom. The Labute approximate surface area is 295 Å². The molecule has 240 valence electrons. The molecular formula is C42H54Cl2Zr. The van der Waals surface area contributed by atoms with Gasteiger partial charge in [0.05, 0.1) is 0 Å². The van der Waals surface area contributed by atoms with Gasteiger partial charge in [-0.25, -0.2) is 0 Å². The Morgan fingerprint density at radius 1 is 0.711 bits per heavy atom. The zero-order valence-corrected chi connectivity index (χ0v) is 33.9. The van der Waals surface area contributed by atoms with Crippen LogP contribution in [-0.4, -0.2) is 3.71 Å². The average Bonchev–Trinajstić information content (AvgIpc) is 3.41. The van der Waals surface area contributed by atoms with Gasteiger partial charge in [0.1, 0.15) is 0 Å². The third-order valence-corrected chi connectivity index (χ3v) is 17.3. The number of benzene rings is 3. The molecule has 2 aliphatic carbocycles. The van der Waals surface area contributed by atoms with Crippen LogP contribution in [0.4, 0.5) is 0 Å². The van der Waals surface area contributed by atoms with Crippen LogP contribution in [0.25, 0.3) is 11.1 Å². The third-order valence-electron chi connectivity index (χ3n) is 9.76. The maximum atomic E-state index is 2.77. The SMILES string of the molecule is CC1=[C](/[Zr+2](=[CH]/c2ccc(C(C)(C)C)cc2)[c]2cc(C(C)(C)C)cc3c2Cc2ccc(C(C)(C)C)cc2-3)C(C)C=C1C(C)C.[Cl-].[Cl-]. The molecule has 0 spiro atoms. The van der Waals surface area contributed by atoms with E-state index in [0.29, 0.717) is 11.8 Å². The van der Waals surface area contributed by atoms with Gasteiger partial charge in [0, 0.05) is 0 Å². The Balaban J connectivity index is 0.00000276. The molecule has 0 aromatic heterocycles. The van der Waals surface area contributed by atoms with Gasteiger partial charge < -0.3 is 24.8 Å². The van der Waals surface area contributed by atoms with Gasteiger partial charge in [-0.1, -0.05) is 0 Å². The summed E-state index contributed by atoms with van der Waals surface area (Å²) in [6.45, 7) is 30.7. The second-order valence-electron chi connectivity index (χ2n) is 16.6. The molecule has 0 aliphatic heterocycles. The van der Waals surface area contributed by atoms with E-state index in [1.807, 2.05) is 0 Å². The van der Waals surface area contributed by atoms with Crippen molar-refractivity contribution in [3.05, 3.63) is 108 Å². The normalized spacial score (nSPS) is 16.3. The predicted octanol–water partition coefficient (Wildman–Crippen LogP) is 4.76. The van der Waals surface area contributed by atoms with E-state index in [4.69, 9.17) is 0 Å². The summed E-state index contributed by atoms with van der Waals surface area (Å²) in [5.41, 5.74) is 15.3. The van der Waals surface area contributed by atoms with Crippen molar-refractivity contribution in [2.24, 2.45) is 11.8 Å². The van der Waals surface area contributed by atoms with Crippen molar-refractivity contribution in [2.75, 3.05) is 0 Å². The molecule has 0 saturated heterocycles. The zero-order chi connectivity index (χ0) is 31.6. The summed E-state index contributed by atoms with van der Waals surface area (Å²) in [7, 11) is 0. The summed E-state index contributed by atoms with van der Waals surface area (Å²) in [6, 6.07) is 22.0. The van der Waals surface area contributed by atoms with Gasteiger partial charge in [-0.3, -0.25) is 0 Å². The van der Waals surface area contributed by atoms with Gasteiger partial charge in [0.25, 0.3) is 0 Å². The molecule has 0 N–H and O–H groups in total. The first-order chi connectivity index (χ1) is 19.9.